The van der Waals surface area contributed by atoms with Gasteiger partial charge in [-0.25, -0.2) is 0 Å². The van der Waals surface area contributed by atoms with Gasteiger partial charge in [0.1, 0.15) is 0 Å². The molecule has 0 saturated carbocycles. The molecular formula is C31H46B2O4. The maximum Gasteiger partial charge on any atom is 0.493 e. The molecule has 0 radical (unpaired) electrons. The minimum atomic E-state index is -0.232. The second-order valence-electron chi connectivity index (χ2n) is 11.5. The van der Waals surface area contributed by atoms with E-state index in [-0.39, 0.29) is 19.7 Å². The van der Waals surface area contributed by atoms with E-state index >= 15 is 0 Å². The van der Waals surface area contributed by atoms with Crippen molar-refractivity contribution in [2.24, 2.45) is 0 Å². The van der Waals surface area contributed by atoms with E-state index in [0.29, 0.717) is 0 Å². The molecule has 1 aromatic rings. The Morgan fingerprint density at radius 1 is 0.730 bits per heavy atom. The molecule has 2 saturated heterocycles. The molecule has 0 unspecified atom stereocenters. The third-order valence-corrected chi connectivity index (χ3v) is 8.86. The van der Waals surface area contributed by atoms with Crippen molar-refractivity contribution in [3.63, 3.8) is 0 Å². The minimum absolute atomic E-state index is 0.0666. The number of rotatable bonds is 12. The van der Waals surface area contributed by atoms with E-state index in [4.69, 9.17) is 18.6 Å². The van der Waals surface area contributed by atoms with Crippen LogP contribution in [0, 0.1) is 0 Å². The molecule has 1 aromatic carbocycles. The van der Waals surface area contributed by atoms with Crippen molar-refractivity contribution in [1.82, 2.24) is 0 Å². The molecule has 4 aliphatic rings. The van der Waals surface area contributed by atoms with Crippen molar-refractivity contribution in [3.8, 4) is 0 Å². The zero-order valence-corrected chi connectivity index (χ0v) is 23.3. The Hall–Kier alpha value is -1.33. The summed E-state index contributed by atoms with van der Waals surface area (Å²) in [6.45, 7) is 7.79. The van der Waals surface area contributed by atoms with E-state index in [1.165, 1.54) is 86.3 Å². The number of hydrogen-bond acceptors (Lipinski definition) is 4. The van der Waals surface area contributed by atoms with Crippen LogP contribution in [-0.2, 0) is 24.0 Å². The zero-order valence-electron chi connectivity index (χ0n) is 23.3. The fourth-order valence-corrected chi connectivity index (χ4v) is 6.91. The Labute approximate surface area is 225 Å². The molecule has 2 aliphatic heterocycles. The highest BCUT2D eigenvalue weighted by molar-refractivity contribution is 6.61. The van der Waals surface area contributed by atoms with Gasteiger partial charge in [0.05, 0.1) is 0 Å². The van der Waals surface area contributed by atoms with Crippen molar-refractivity contribution in [2.45, 2.75) is 109 Å². The summed E-state index contributed by atoms with van der Waals surface area (Å²) in [6.07, 6.45) is 19.4. The first-order valence-corrected chi connectivity index (χ1v) is 15.3. The largest absolute Gasteiger partial charge is 0.493 e. The molecule has 0 aromatic heterocycles. The van der Waals surface area contributed by atoms with Crippen LogP contribution in [0.3, 0.4) is 0 Å². The fraction of sp³-hybridized carbons (Fsp3) is 0.677. The molecule has 0 atom stereocenters. The number of benzene rings is 1. The third kappa shape index (κ3) is 5.98. The van der Waals surface area contributed by atoms with Crippen LogP contribution in [0.15, 0.2) is 35.3 Å². The van der Waals surface area contributed by atoms with Crippen LogP contribution in [0.25, 0.3) is 5.57 Å². The maximum atomic E-state index is 6.09. The summed E-state index contributed by atoms with van der Waals surface area (Å²) in [5, 5.41) is 0. The van der Waals surface area contributed by atoms with Gasteiger partial charge in [-0.15, -0.1) is 0 Å². The van der Waals surface area contributed by atoms with Crippen LogP contribution >= 0.6 is 0 Å². The molecule has 2 aliphatic carbocycles. The van der Waals surface area contributed by atoms with Crippen LogP contribution in [0.5, 0.6) is 0 Å². The van der Waals surface area contributed by atoms with Crippen molar-refractivity contribution in [2.75, 3.05) is 26.4 Å². The lowest BCUT2D eigenvalue weighted by atomic mass is 9.64. The van der Waals surface area contributed by atoms with Gasteiger partial charge < -0.3 is 18.6 Å². The summed E-state index contributed by atoms with van der Waals surface area (Å²) in [6, 6.07) is 7.11. The molecule has 6 heteroatoms. The lowest BCUT2D eigenvalue weighted by molar-refractivity contribution is 0.139. The topological polar surface area (TPSA) is 36.9 Å². The third-order valence-electron chi connectivity index (χ3n) is 8.86. The van der Waals surface area contributed by atoms with Crippen LogP contribution in [0.4, 0.5) is 0 Å². The molecule has 4 nitrogen and oxygen atoms in total. The molecule has 0 N–H and O–H groups in total. The second kappa shape index (κ2) is 13.2. The molecule has 0 amide bonds. The lowest BCUT2D eigenvalue weighted by Crippen LogP contribution is -2.41. The SMILES string of the molecule is CCCCCCC1(CCCCCC)C2=C(CCC(B3OCCCO3)=C2)c2ccc(B3OCCCO3)cc21. The first-order chi connectivity index (χ1) is 18.3. The Bertz CT molecular complexity index is 948. The Morgan fingerprint density at radius 3 is 1.97 bits per heavy atom. The van der Waals surface area contributed by atoms with Crippen LogP contribution in [0.1, 0.15) is 115 Å². The molecule has 2 fully saturated rings. The number of allylic oxidation sites excluding steroid dienone is 4. The highest BCUT2D eigenvalue weighted by Crippen LogP contribution is 2.56. The van der Waals surface area contributed by atoms with Gasteiger partial charge in [0.2, 0.25) is 0 Å². The number of unbranched alkanes of at least 4 members (excludes halogenated alkanes) is 6. The summed E-state index contributed by atoms with van der Waals surface area (Å²) < 4.78 is 24.3. The van der Waals surface area contributed by atoms with E-state index in [0.717, 1.165) is 52.1 Å². The maximum absolute atomic E-state index is 6.09. The highest BCUT2D eigenvalue weighted by Gasteiger charge is 2.46. The predicted molar refractivity (Wildman–Crippen MR) is 154 cm³/mol. The van der Waals surface area contributed by atoms with Crippen molar-refractivity contribution in [1.29, 1.82) is 0 Å². The van der Waals surface area contributed by atoms with Crippen LogP contribution in [0.2, 0.25) is 0 Å². The van der Waals surface area contributed by atoms with Crippen LogP contribution < -0.4 is 5.46 Å². The van der Waals surface area contributed by atoms with Gasteiger partial charge in [-0.2, -0.15) is 0 Å². The quantitative estimate of drug-likeness (QED) is 0.228. The van der Waals surface area contributed by atoms with E-state index in [1.807, 2.05) is 0 Å². The van der Waals surface area contributed by atoms with Gasteiger partial charge in [-0.3, -0.25) is 0 Å². The summed E-state index contributed by atoms with van der Waals surface area (Å²) >= 11 is 0. The summed E-state index contributed by atoms with van der Waals surface area (Å²) in [5.41, 5.74) is 8.74. The van der Waals surface area contributed by atoms with E-state index in [2.05, 4.69) is 38.1 Å². The van der Waals surface area contributed by atoms with Crippen molar-refractivity contribution < 1.29 is 18.6 Å². The minimum Gasteiger partial charge on any atom is -0.407 e. The van der Waals surface area contributed by atoms with Gasteiger partial charge in [-0.05, 0) is 71.7 Å². The monoisotopic (exact) mass is 504 g/mol. The average Bonchev–Trinajstić information content (AvgIpc) is 3.23. The van der Waals surface area contributed by atoms with Gasteiger partial charge in [0.15, 0.2) is 0 Å². The standard InChI is InChI=1S/C31H46B2O4/c1-3-5-7-9-17-31(18-10-8-6-4-2)29-23-25(32-34-19-11-20-35-32)13-15-27(29)28-16-14-26(24-30(28)31)33-36-21-12-22-37-33/h13,15,23-24H,3-12,14,16-22H2,1-2H3. The fourth-order valence-electron chi connectivity index (χ4n) is 6.91. The number of hydrogen-bond donors (Lipinski definition) is 0. The van der Waals surface area contributed by atoms with Gasteiger partial charge in [0, 0.05) is 31.8 Å². The molecule has 5 rings (SSSR count). The first kappa shape index (κ1) is 27.2. The molecule has 200 valence electrons. The van der Waals surface area contributed by atoms with E-state index in [9.17, 15) is 0 Å². The van der Waals surface area contributed by atoms with Gasteiger partial charge >= 0.3 is 14.2 Å². The Morgan fingerprint density at radius 2 is 1.35 bits per heavy atom. The highest BCUT2D eigenvalue weighted by atomic mass is 16.6. The van der Waals surface area contributed by atoms with Gasteiger partial charge in [0.25, 0.3) is 0 Å². The Kier molecular flexibility index (Phi) is 9.68. The smallest absolute Gasteiger partial charge is 0.407 e. The molecular weight excluding hydrogens is 458 g/mol. The van der Waals surface area contributed by atoms with E-state index in [1.54, 1.807) is 11.1 Å². The summed E-state index contributed by atoms with van der Waals surface area (Å²) in [7, 11) is -0.395. The normalized spacial score (nSPS) is 21.2. The first-order valence-electron chi connectivity index (χ1n) is 15.3. The second-order valence-corrected chi connectivity index (χ2v) is 11.5. The molecule has 37 heavy (non-hydrogen) atoms. The van der Waals surface area contributed by atoms with Crippen molar-refractivity contribution in [3.05, 3.63) is 46.4 Å². The lowest BCUT2D eigenvalue weighted by Gasteiger charge is -2.36. The molecule has 0 bridgehead atoms. The zero-order chi connectivity index (χ0) is 25.5. The molecule has 2 heterocycles. The molecule has 0 spiro atoms. The van der Waals surface area contributed by atoms with Crippen molar-refractivity contribution >= 4 is 25.3 Å². The summed E-state index contributed by atoms with van der Waals surface area (Å²) in [5.74, 6) is 0. The van der Waals surface area contributed by atoms with Gasteiger partial charge in [-0.1, -0.05) is 89.5 Å². The summed E-state index contributed by atoms with van der Waals surface area (Å²) in [4.78, 5) is 0. The number of fused-ring (bicyclic) bond motifs is 2. The van der Waals surface area contributed by atoms with E-state index < -0.39 is 0 Å². The predicted octanol–water partition coefficient (Wildman–Crippen LogP) is 6.95. The van der Waals surface area contributed by atoms with Crippen LogP contribution in [-0.4, -0.2) is 40.7 Å². The Balaban J connectivity index is 1.53. The average molecular weight is 504 g/mol.